The number of benzene rings is 1. The Kier molecular flexibility index (Phi) is 5.34. The van der Waals surface area contributed by atoms with Crippen LogP contribution in [-0.4, -0.2) is 39.0 Å². The van der Waals surface area contributed by atoms with Crippen LogP contribution in [0, 0.1) is 23.0 Å². The van der Waals surface area contributed by atoms with Crippen LogP contribution in [-0.2, 0) is 4.79 Å². The molecule has 7 nitrogen and oxygen atoms in total. The van der Waals surface area contributed by atoms with Crippen LogP contribution < -0.4 is 0 Å². The smallest absolute Gasteiger partial charge is 0.236 e. The summed E-state index contributed by atoms with van der Waals surface area (Å²) >= 11 is 0. The first-order valence-corrected chi connectivity index (χ1v) is 10.6. The molecule has 0 atom stereocenters. The molecule has 33 heavy (non-hydrogen) atoms. The molecule has 1 saturated heterocycles. The van der Waals surface area contributed by atoms with Crippen molar-refractivity contribution in [1.29, 1.82) is 5.26 Å². The van der Waals surface area contributed by atoms with Gasteiger partial charge in [0.25, 0.3) is 0 Å². The SMILES string of the molecule is N#CCC(=O)N1CCC(c2cnc3[nH]cc(-c4oncc4-c4cccc(F)c4F)c3c2)CC1. The Morgan fingerprint density at radius 1 is 1.21 bits per heavy atom. The molecule has 5 rings (SSSR count). The van der Waals surface area contributed by atoms with E-state index < -0.39 is 11.6 Å². The van der Waals surface area contributed by atoms with E-state index in [1.807, 2.05) is 18.3 Å². The van der Waals surface area contributed by atoms with Crippen molar-refractivity contribution in [3.05, 3.63) is 60.1 Å². The fourth-order valence-corrected chi connectivity index (χ4v) is 4.41. The zero-order valence-corrected chi connectivity index (χ0v) is 17.5. The third kappa shape index (κ3) is 3.74. The second-order valence-electron chi connectivity index (χ2n) is 8.03. The predicted molar refractivity (Wildman–Crippen MR) is 116 cm³/mol. The quantitative estimate of drug-likeness (QED) is 0.485. The van der Waals surface area contributed by atoms with Gasteiger partial charge in [0.1, 0.15) is 12.1 Å². The third-order valence-electron chi connectivity index (χ3n) is 6.16. The molecule has 1 aliphatic rings. The van der Waals surface area contributed by atoms with Gasteiger partial charge in [-0.2, -0.15) is 5.26 Å². The van der Waals surface area contributed by atoms with Crippen LogP contribution in [0.3, 0.4) is 0 Å². The highest BCUT2D eigenvalue weighted by atomic mass is 19.2. The van der Waals surface area contributed by atoms with Crippen LogP contribution in [0.2, 0.25) is 0 Å². The monoisotopic (exact) mass is 447 g/mol. The van der Waals surface area contributed by atoms with Crippen molar-refractivity contribution >= 4 is 16.9 Å². The number of pyridine rings is 1. The maximum atomic E-state index is 14.4. The molecule has 0 radical (unpaired) electrons. The number of halogens is 2. The second kappa shape index (κ2) is 8.47. The molecule has 0 aliphatic carbocycles. The Bertz CT molecular complexity index is 1380. The fraction of sp³-hybridized carbons (Fsp3) is 0.250. The zero-order chi connectivity index (χ0) is 22.9. The largest absolute Gasteiger partial charge is 0.356 e. The van der Waals surface area contributed by atoms with Crippen LogP contribution in [0.15, 0.2) is 47.4 Å². The molecule has 4 heterocycles. The third-order valence-corrected chi connectivity index (χ3v) is 6.16. The van der Waals surface area contributed by atoms with Gasteiger partial charge in [-0.05, 0) is 36.5 Å². The van der Waals surface area contributed by atoms with Gasteiger partial charge in [0.05, 0.1) is 17.8 Å². The van der Waals surface area contributed by atoms with Crippen molar-refractivity contribution in [3.8, 4) is 28.5 Å². The number of H-pyrrole nitrogens is 1. The van der Waals surface area contributed by atoms with Gasteiger partial charge in [-0.15, -0.1) is 0 Å². The molecule has 1 N–H and O–H groups in total. The molecule has 0 bridgehead atoms. The molecule has 0 saturated carbocycles. The standard InChI is InChI=1S/C24H19F2N5O2/c25-20-3-1-2-16(22(20)26)19-13-30-33-23(19)18-12-29-24-17(18)10-15(11-28-24)14-5-8-31(9-6-14)21(32)4-7-27/h1-3,10-14H,4-6,8-9H2,(H,28,29). The van der Waals surface area contributed by atoms with Gasteiger partial charge in [0, 0.05) is 42.0 Å². The number of amides is 1. The number of hydrogen-bond donors (Lipinski definition) is 1. The molecule has 1 amide bonds. The number of aromatic nitrogens is 3. The predicted octanol–water partition coefficient (Wildman–Crippen LogP) is 4.78. The lowest BCUT2D eigenvalue weighted by Crippen LogP contribution is -2.37. The fourth-order valence-electron chi connectivity index (χ4n) is 4.41. The summed E-state index contributed by atoms with van der Waals surface area (Å²) in [6.45, 7) is 1.18. The van der Waals surface area contributed by atoms with Gasteiger partial charge < -0.3 is 14.4 Å². The number of nitrogens with one attached hydrogen (secondary N) is 1. The summed E-state index contributed by atoms with van der Waals surface area (Å²) < 4.78 is 33.7. The Hall–Kier alpha value is -4.06. The van der Waals surface area contributed by atoms with Crippen LogP contribution in [0.1, 0.15) is 30.7 Å². The molecule has 4 aromatic rings. The number of nitriles is 1. The number of fused-ring (bicyclic) bond motifs is 1. The Morgan fingerprint density at radius 2 is 2.03 bits per heavy atom. The molecular weight excluding hydrogens is 428 g/mol. The average molecular weight is 447 g/mol. The minimum atomic E-state index is -0.960. The van der Waals surface area contributed by atoms with Gasteiger partial charge >= 0.3 is 0 Å². The van der Waals surface area contributed by atoms with E-state index in [-0.39, 0.29) is 23.8 Å². The number of rotatable bonds is 4. The van der Waals surface area contributed by atoms with E-state index in [1.54, 1.807) is 11.1 Å². The molecule has 1 aromatic carbocycles. The second-order valence-corrected chi connectivity index (χ2v) is 8.03. The maximum Gasteiger partial charge on any atom is 0.236 e. The highest BCUT2D eigenvalue weighted by Gasteiger charge is 2.25. The summed E-state index contributed by atoms with van der Waals surface area (Å²) in [7, 11) is 0. The molecule has 3 aromatic heterocycles. The molecule has 166 valence electrons. The van der Waals surface area contributed by atoms with E-state index in [4.69, 9.17) is 9.78 Å². The number of nitrogens with zero attached hydrogens (tertiary/aromatic N) is 4. The summed E-state index contributed by atoms with van der Waals surface area (Å²) in [4.78, 5) is 21.3. The molecule has 9 heteroatoms. The molecule has 0 unspecified atom stereocenters. The molecule has 1 fully saturated rings. The molecule has 0 spiro atoms. The lowest BCUT2D eigenvalue weighted by Gasteiger charge is -2.31. The highest BCUT2D eigenvalue weighted by Crippen LogP contribution is 2.38. The Balaban J connectivity index is 1.47. The number of hydrogen-bond acceptors (Lipinski definition) is 5. The summed E-state index contributed by atoms with van der Waals surface area (Å²) in [5.41, 5.74) is 2.73. The van der Waals surface area contributed by atoms with E-state index in [9.17, 15) is 13.6 Å². The summed E-state index contributed by atoms with van der Waals surface area (Å²) in [5.74, 6) is -1.51. The van der Waals surface area contributed by atoms with Gasteiger partial charge in [-0.1, -0.05) is 17.3 Å². The number of carbonyl (C=O) groups is 1. The number of piperidine rings is 1. The van der Waals surface area contributed by atoms with Crippen molar-refractivity contribution in [2.75, 3.05) is 13.1 Å². The van der Waals surface area contributed by atoms with E-state index in [0.717, 1.165) is 29.9 Å². The summed E-state index contributed by atoms with van der Waals surface area (Å²) in [5, 5.41) is 13.4. The lowest BCUT2D eigenvalue weighted by molar-refractivity contribution is -0.131. The first kappa shape index (κ1) is 20.8. The normalized spacial score (nSPS) is 14.5. The number of likely N-dealkylation sites (tertiary alicyclic amines) is 1. The van der Waals surface area contributed by atoms with Gasteiger partial charge in [0.2, 0.25) is 5.91 Å². The lowest BCUT2D eigenvalue weighted by atomic mass is 9.89. The average Bonchev–Trinajstić information content (AvgIpc) is 3.47. The summed E-state index contributed by atoms with van der Waals surface area (Å²) in [6.07, 6.45) is 6.34. The number of aromatic amines is 1. The van der Waals surface area contributed by atoms with Crippen LogP contribution >= 0.6 is 0 Å². The van der Waals surface area contributed by atoms with E-state index >= 15 is 0 Å². The van der Waals surface area contributed by atoms with Gasteiger partial charge in [-0.25, -0.2) is 13.8 Å². The van der Waals surface area contributed by atoms with Crippen molar-refractivity contribution in [2.45, 2.75) is 25.2 Å². The minimum Gasteiger partial charge on any atom is -0.356 e. The summed E-state index contributed by atoms with van der Waals surface area (Å²) in [6, 6.07) is 7.90. The Morgan fingerprint density at radius 3 is 2.82 bits per heavy atom. The van der Waals surface area contributed by atoms with Crippen molar-refractivity contribution < 1.29 is 18.1 Å². The first-order chi connectivity index (χ1) is 16.1. The van der Waals surface area contributed by atoms with Gasteiger partial charge in [0.15, 0.2) is 17.4 Å². The van der Waals surface area contributed by atoms with Gasteiger partial charge in [-0.3, -0.25) is 4.79 Å². The van der Waals surface area contributed by atoms with E-state index in [0.29, 0.717) is 35.6 Å². The zero-order valence-electron chi connectivity index (χ0n) is 17.5. The van der Waals surface area contributed by atoms with E-state index in [1.165, 1.54) is 18.3 Å². The highest BCUT2D eigenvalue weighted by molar-refractivity contribution is 5.96. The van der Waals surface area contributed by atoms with Crippen LogP contribution in [0.25, 0.3) is 33.5 Å². The minimum absolute atomic E-state index is 0.0686. The molecule has 1 aliphatic heterocycles. The maximum absolute atomic E-state index is 14.4. The van der Waals surface area contributed by atoms with Crippen LogP contribution in [0.5, 0.6) is 0 Å². The van der Waals surface area contributed by atoms with Crippen molar-refractivity contribution in [1.82, 2.24) is 20.0 Å². The topological polar surface area (TPSA) is 98.8 Å². The van der Waals surface area contributed by atoms with Crippen molar-refractivity contribution in [2.24, 2.45) is 0 Å². The van der Waals surface area contributed by atoms with Crippen molar-refractivity contribution in [3.63, 3.8) is 0 Å². The van der Waals surface area contributed by atoms with E-state index in [2.05, 4.69) is 15.1 Å². The first-order valence-electron chi connectivity index (χ1n) is 10.6. The number of carbonyl (C=O) groups excluding carboxylic acids is 1. The molecular formula is C24H19F2N5O2. The van der Waals surface area contributed by atoms with Crippen LogP contribution in [0.4, 0.5) is 8.78 Å². The Labute approximate surface area is 187 Å².